The van der Waals surface area contributed by atoms with Gasteiger partial charge in [-0.1, -0.05) is 0 Å². The molecule has 0 unspecified atom stereocenters. The van der Waals surface area contributed by atoms with Crippen molar-refractivity contribution in [3.8, 4) is 0 Å². The van der Waals surface area contributed by atoms with E-state index in [9.17, 15) is 9.59 Å². The fraction of sp³-hybridized carbons (Fsp3) is 0.500. The van der Waals surface area contributed by atoms with E-state index in [-0.39, 0.29) is 5.91 Å². The van der Waals surface area contributed by atoms with E-state index in [1.54, 1.807) is 0 Å². The normalized spacial score (nSPS) is 16.2. The maximum Gasteiger partial charge on any atom is 0.309 e. The second-order valence-electron chi connectivity index (χ2n) is 4.74. The fourth-order valence-corrected chi connectivity index (χ4v) is 4.09. The highest BCUT2D eigenvalue weighted by atomic mass is 79.9. The summed E-state index contributed by atoms with van der Waals surface area (Å²) in [6, 6.07) is 0. The van der Waals surface area contributed by atoms with Crippen LogP contribution in [0.3, 0.4) is 0 Å². The summed E-state index contributed by atoms with van der Waals surface area (Å²) in [5.41, 5.74) is 0.313. The summed E-state index contributed by atoms with van der Waals surface area (Å²) in [5.74, 6) is -0.894. The van der Waals surface area contributed by atoms with Gasteiger partial charge in [0, 0.05) is 11.0 Å². The third-order valence-corrected chi connectivity index (χ3v) is 7.18. The standard InChI is InChI=1S/C12H13Br2NO3S/c1-6-7(13)9(14)19-8(6)10(16)15-5-4-12(2-3-12)11(17)18/h2-5H2,1H3,(H,15,16)(H,17,18). The number of amides is 1. The summed E-state index contributed by atoms with van der Waals surface area (Å²) in [5, 5.41) is 11.8. The molecule has 1 aromatic heterocycles. The number of carboxylic acid groups (broad SMARTS) is 1. The molecule has 0 aliphatic heterocycles. The predicted octanol–water partition coefficient (Wildman–Crippen LogP) is 3.57. The average molecular weight is 411 g/mol. The lowest BCUT2D eigenvalue weighted by Crippen LogP contribution is -2.28. The number of halogens is 2. The van der Waals surface area contributed by atoms with Gasteiger partial charge in [0.05, 0.1) is 14.1 Å². The number of thiophene rings is 1. The summed E-state index contributed by atoms with van der Waals surface area (Å²) in [7, 11) is 0. The van der Waals surface area contributed by atoms with Crippen LogP contribution in [-0.2, 0) is 4.79 Å². The highest BCUT2D eigenvalue weighted by Crippen LogP contribution is 2.48. The van der Waals surface area contributed by atoms with Gasteiger partial charge in [0.2, 0.25) is 0 Å². The Labute approximate surface area is 131 Å². The number of carbonyl (C=O) groups is 2. The largest absolute Gasteiger partial charge is 0.481 e. The van der Waals surface area contributed by atoms with Gasteiger partial charge in [0.25, 0.3) is 5.91 Å². The average Bonchev–Trinajstić information content (AvgIpc) is 3.10. The van der Waals surface area contributed by atoms with Crippen molar-refractivity contribution in [3.05, 3.63) is 18.7 Å². The SMILES string of the molecule is Cc1c(C(=O)NCCC2(C(=O)O)CC2)sc(Br)c1Br. The summed E-state index contributed by atoms with van der Waals surface area (Å²) in [6.07, 6.45) is 1.93. The quantitative estimate of drug-likeness (QED) is 0.779. The monoisotopic (exact) mass is 409 g/mol. The Hall–Kier alpha value is -0.400. The first-order valence-electron chi connectivity index (χ1n) is 5.83. The van der Waals surface area contributed by atoms with Crippen LogP contribution < -0.4 is 5.32 Å². The van der Waals surface area contributed by atoms with Gasteiger partial charge in [0.15, 0.2) is 0 Å². The summed E-state index contributed by atoms with van der Waals surface area (Å²) < 4.78 is 1.78. The Bertz CT molecular complexity index is 537. The number of rotatable bonds is 5. The van der Waals surface area contributed by atoms with Crippen molar-refractivity contribution in [2.75, 3.05) is 6.54 Å². The molecule has 0 spiro atoms. The molecule has 1 heterocycles. The van der Waals surface area contributed by atoms with Crippen molar-refractivity contribution in [2.45, 2.75) is 26.2 Å². The van der Waals surface area contributed by atoms with Crippen LogP contribution >= 0.6 is 43.2 Å². The van der Waals surface area contributed by atoms with E-state index >= 15 is 0 Å². The number of carboxylic acids is 1. The zero-order valence-electron chi connectivity index (χ0n) is 10.3. The third kappa shape index (κ3) is 3.03. The number of hydrogen-bond acceptors (Lipinski definition) is 3. The lowest BCUT2D eigenvalue weighted by atomic mass is 10.0. The molecule has 4 nitrogen and oxygen atoms in total. The number of aliphatic carboxylic acids is 1. The molecule has 2 rings (SSSR count). The molecule has 104 valence electrons. The Kier molecular flexibility index (Phi) is 4.37. The minimum Gasteiger partial charge on any atom is -0.481 e. The maximum absolute atomic E-state index is 12.0. The lowest BCUT2D eigenvalue weighted by Gasteiger charge is -2.10. The van der Waals surface area contributed by atoms with Gasteiger partial charge in [-0.3, -0.25) is 9.59 Å². The molecule has 19 heavy (non-hydrogen) atoms. The van der Waals surface area contributed by atoms with Crippen LogP contribution in [0.25, 0.3) is 0 Å². The highest BCUT2D eigenvalue weighted by Gasteiger charge is 2.49. The molecule has 0 saturated heterocycles. The minimum absolute atomic E-state index is 0.143. The number of carbonyl (C=O) groups excluding carboxylic acids is 1. The lowest BCUT2D eigenvalue weighted by molar-refractivity contribution is -0.143. The third-order valence-electron chi connectivity index (χ3n) is 3.44. The van der Waals surface area contributed by atoms with E-state index in [0.29, 0.717) is 30.7 Å². The molecule has 0 aromatic carbocycles. The van der Waals surface area contributed by atoms with Crippen molar-refractivity contribution in [3.63, 3.8) is 0 Å². The number of hydrogen-bond donors (Lipinski definition) is 2. The molecular weight excluding hydrogens is 398 g/mol. The topological polar surface area (TPSA) is 66.4 Å². The van der Waals surface area contributed by atoms with Crippen LogP contribution in [-0.4, -0.2) is 23.5 Å². The van der Waals surface area contributed by atoms with E-state index in [1.165, 1.54) is 11.3 Å². The van der Waals surface area contributed by atoms with Gasteiger partial charge in [-0.2, -0.15) is 0 Å². The first-order valence-corrected chi connectivity index (χ1v) is 8.23. The van der Waals surface area contributed by atoms with E-state index < -0.39 is 11.4 Å². The fourth-order valence-electron chi connectivity index (χ4n) is 1.89. The van der Waals surface area contributed by atoms with E-state index in [4.69, 9.17) is 5.11 Å². The molecule has 1 amide bonds. The molecule has 1 saturated carbocycles. The smallest absolute Gasteiger partial charge is 0.309 e. The summed E-state index contributed by atoms with van der Waals surface area (Å²) >= 11 is 8.15. The second kappa shape index (κ2) is 5.54. The molecule has 1 aliphatic rings. The van der Waals surface area contributed by atoms with Gasteiger partial charge in [-0.15, -0.1) is 11.3 Å². The first-order chi connectivity index (χ1) is 8.87. The van der Waals surface area contributed by atoms with Gasteiger partial charge >= 0.3 is 5.97 Å². The van der Waals surface area contributed by atoms with Crippen LogP contribution in [0.4, 0.5) is 0 Å². The highest BCUT2D eigenvalue weighted by molar-refractivity contribution is 9.13. The number of nitrogens with one attached hydrogen (secondary N) is 1. The molecule has 7 heteroatoms. The Balaban J connectivity index is 1.92. The van der Waals surface area contributed by atoms with Gasteiger partial charge in [-0.25, -0.2) is 0 Å². The van der Waals surface area contributed by atoms with Gasteiger partial charge in [0.1, 0.15) is 0 Å². The predicted molar refractivity (Wildman–Crippen MR) is 80.7 cm³/mol. The molecular formula is C12H13Br2NO3S. The first kappa shape index (κ1) is 15.0. The van der Waals surface area contributed by atoms with Crippen molar-refractivity contribution < 1.29 is 14.7 Å². The van der Waals surface area contributed by atoms with Crippen LogP contribution in [0.1, 0.15) is 34.5 Å². The van der Waals surface area contributed by atoms with Crippen LogP contribution in [0.5, 0.6) is 0 Å². The Morgan fingerprint density at radius 1 is 1.42 bits per heavy atom. The van der Waals surface area contributed by atoms with E-state index in [2.05, 4.69) is 37.2 Å². The van der Waals surface area contributed by atoms with Crippen molar-refractivity contribution in [1.82, 2.24) is 5.32 Å². The molecule has 0 atom stereocenters. The Morgan fingerprint density at radius 2 is 2.05 bits per heavy atom. The van der Waals surface area contributed by atoms with Crippen LogP contribution in [0.15, 0.2) is 8.26 Å². The molecule has 1 aliphatic carbocycles. The van der Waals surface area contributed by atoms with Crippen LogP contribution in [0.2, 0.25) is 0 Å². The summed E-state index contributed by atoms with van der Waals surface area (Å²) in [4.78, 5) is 23.7. The molecule has 0 radical (unpaired) electrons. The van der Waals surface area contributed by atoms with Crippen molar-refractivity contribution in [2.24, 2.45) is 5.41 Å². The van der Waals surface area contributed by atoms with E-state index in [0.717, 1.165) is 13.8 Å². The summed E-state index contributed by atoms with van der Waals surface area (Å²) in [6.45, 7) is 2.28. The molecule has 0 bridgehead atoms. The zero-order chi connectivity index (χ0) is 14.2. The van der Waals surface area contributed by atoms with Crippen LogP contribution in [0, 0.1) is 12.3 Å². The van der Waals surface area contributed by atoms with Crippen molar-refractivity contribution >= 4 is 55.1 Å². The maximum atomic E-state index is 12.0. The second-order valence-corrected chi connectivity index (χ2v) is 7.87. The van der Waals surface area contributed by atoms with E-state index in [1.807, 2.05) is 6.92 Å². The molecule has 2 N–H and O–H groups in total. The molecule has 1 fully saturated rings. The minimum atomic E-state index is -0.750. The van der Waals surface area contributed by atoms with Gasteiger partial charge in [-0.05, 0) is 63.6 Å². The zero-order valence-corrected chi connectivity index (χ0v) is 14.2. The molecule has 1 aromatic rings. The van der Waals surface area contributed by atoms with Crippen molar-refractivity contribution in [1.29, 1.82) is 0 Å². The van der Waals surface area contributed by atoms with Gasteiger partial charge < -0.3 is 10.4 Å². The Morgan fingerprint density at radius 3 is 2.47 bits per heavy atom.